The zero-order chi connectivity index (χ0) is 23.4. The molecule has 1 saturated heterocycles. The van der Waals surface area contributed by atoms with Gasteiger partial charge in [-0.15, -0.1) is 0 Å². The van der Waals surface area contributed by atoms with Crippen molar-refractivity contribution in [2.75, 3.05) is 18.1 Å². The molecule has 4 amide bonds. The summed E-state index contributed by atoms with van der Waals surface area (Å²) in [6, 6.07) is 9.57. The van der Waals surface area contributed by atoms with Gasteiger partial charge in [0.25, 0.3) is 11.8 Å². The SMILES string of the molecule is CCOc1cc(/C=C2\C(=O)NC(=O)N(c3cc(C)cc(C)c3)C2=O)c(Br)cc1OCC#N. The Bertz CT molecular complexity index is 1160. The molecule has 32 heavy (non-hydrogen) atoms. The smallest absolute Gasteiger partial charge is 0.335 e. The summed E-state index contributed by atoms with van der Waals surface area (Å²) < 4.78 is 11.5. The molecule has 3 rings (SSSR count). The Morgan fingerprint density at radius 2 is 1.72 bits per heavy atom. The second-order valence-electron chi connectivity index (χ2n) is 7.00. The van der Waals surface area contributed by atoms with Gasteiger partial charge in [0.15, 0.2) is 18.1 Å². The van der Waals surface area contributed by atoms with E-state index in [0.29, 0.717) is 33.8 Å². The molecule has 1 N–H and O–H groups in total. The quantitative estimate of drug-likeness (QED) is 0.476. The number of carbonyl (C=O) groups excluding carboxylic acids is 3. The van der Waals surface area contributed by atoms with Crippen LogP contribution < -0.4 is 19.7 Å². The van der Waals surface area contributed by atoms with E-state index in [0.717, 1.165) is 16.0 Å². The number of nitriles is 1. The minimum atomic E-state index is -0.809. The molecule has 1 heterocycles. The van der Waals surface area contributed by atoms with E-state index in [-0.39, 0.29) is 12.2 Å². The molecule has 8 nitrogen and oxygen atoms in total. The van der Waals surface area contributed by atoms with Crippen molar-refractivity contribution in [2.24, 2.45) is 0 Å². The van der Waals surface area contributed by atoms with Crippen LogP contribution in [0.3, 0.4) is 0 Å². The Labute approximate surface area is 193 Å². The molecule has 0 bridgehead atoms. The van der Waals surface area contributed by atoms with Crippen molar-refractivity contribution in [3.63, 3.8) is 0 Å². The highest BCUT2D eigenvalue weighted by Gasteiger charge is 2.37. The van der Waals surface area contributed by atoms with Crippen molar-refractivity contribution >= 4 is 45.5 Å². The lowest BCUT2D eigenvalue weighted by Crippen LogP contribution is -2.54. The second kappa shape index (κ2) is 9.66. The van der Waals surface area contributed by atoms with Crippen molar-refractivity contribution in [3.8, 4) is 17.6 Å². The first-order chi connectivity index (χ1) is 15.2. The van der Waals surface area contributed by atoms with Gasteiger partial charge in [0.05, 0.1) is 12.3 Å². The van der Waals surface area contributed by atoms with E-state index in [4.69, 9.17) is 14.7 Å². The van der Waals surface area contributed by atoms with Crippen molar-refractivity contribution in [2.45, 2.75) is 20.8 Å². The van der Waals surface area contributed by atoms with Crippen LogP contribution in [0.15, 0.2) is 40.4 Å². The van der Waals surface area contributed by atoms with Crippen molar-refractivity contribution < 1.29 is 23.9 Å². The average Bonchev–Trinajstić information content (AvgIpc) is 2.71. The lowest BCUT2D eigenvalue weighted by molar-refractivity contribution is -0.122. The normalized spacial score (nSPS) is 14.9. The molecule has 0 spiro atoms. The topological polar surface area (TPSA) is 109 Å². The maximum Gasteiger partial charge on any atom is 0.335 e. The Morgan fingerprint density at radius 1 is 1.06 bits per heavy atom. The molecule has 0 aliphatic carbocycles. The molecule has 0 unspecified atom stereocenters. The van der Waals surface area contributed by atoms with E-state index >= 15 is 0 Å². The molecule has 1 fully saturated rings. The van der Waals surface area contributed by atoms with Gasteiger partial charge in [0, 0.05) is 4.47 Å². The number of hydrogen-bond acceptors (Lipinski definition) is 6. The molecule has 0 atom stereocenters. The first kappa shape index (κ1) is 23.0. The average molecular weight is 498 g/mol. The van der Waals surface area contributed by atoms with Gasteiger partial charge in [-0.25, -0.2) is 9.69 Å². The second-order valence-corrected chi connectivity index (χ2v) is 7.86. The fraction of sp³-hybridized carbons (Fsp3) is 0.217. The van der Waals surface area contributed by atoms with E-state index in [1.165, 1.54) is 6.08 Å². The molecule has 9 heteroatoms. The summed E-state index contributed by atoms with van der Waals surface area (Å²) in [6.45, 7) is 5.68. The van der Waals surface area contributed by atoms with Gasteiger partial charge in [0.1, 0.15) is 11.6 Å². The molecular weight excluding hydrogens is 478 g/mol. The van der Waals surface area contributed by atoms with E-state index in [2.05, 4.69) is 21.2 Å². The Balaban J connectivity index is 2.05. The Hall–Kier alpha value is -3.64. The number of halogens is 1. The van der Waals surface area contributed by atoms with Gasteiger partial charge in [-0.1, -0.05) is 22.0 Å². The summed E-state index contributed by atoms with van der Waals surface area (Å²) in [5.74, 6) is -0.841. The maximum absolute atomic E-state index is 13.2. The Kier molecular flexibility index (Phi) is 6.95. The number of barbiturate groups is 1. The minimum Gasteiger partial charge on any atom is -0.490 e. The number of nitrogens with zero attached hydrogens (tertiary/aromatic N) is 2. The van der Waals surface area contributed by atoms with Crippen LogP contribution in [0.4, 0.5) is 10.5 Å². The fourth-order valence-electron chi connectivity index (χ4n) is 3.28. The molecule has 2 aromatic rings. The van der Waals surface area contributed by atoms with E-state index in [1.54, 1.807) is 31.2 Å². The third-order valence-corrected chi connectivity index (χ3v) is 5.21. The van der Waals surface area contributed by atoms with Crippen LogP contribution in [0, 0.1) is 25.2 Å². The number of nitrogens with one attached hydrogen (secondary N) is 1. The van der Waals surface area contributed by atoms with E-state index in [1.807, 2.05) is 26.0 Å². The van der Waals surface area contributed by atoms with Crippen LogP contribution in [0.1, 0.15) is 23.6 Å². The number of imide groups is 2. The largest absolute Gasteiger partial charge is 0.490 e. The number of aryl methyl sites for hydroxylation is 2. The predicted molar refractivity (Wildman–Crippen MR) is 121 cm³/mol. The van der Waals surface area contributed by atoms with Gasteiger partial charge in [-0.05, 0) is 67.8 Å². The highest BCUT2D eigenvalue weighted by atomic mass is 79.9. The lowest BCUT2D eigenvalue weighted by atomic mass is 10.0. The number of amides is 4. The van der Waals surface area contributed by atoms with Gasteiger partial charge in [0.2, 0.25) is 0 Å². The van der Waals surface area contributed by atoms with Crippen LogP contribution in [-0.2, 0) is 9.59 Å². The first-order valence-electron chi connectivity index (χ1n) is 9.71. The zero-order valence-corrected chi connectivity index (χ0v) is 19.3. The summed E-state index contributed by atoms with van der Waals surface area (Å²) in [6.07, 6.45) is 1.38. The Morgan fingerprint density at radius 3 is 2.34 bits per heavy atom. The lowest BCUT2D eigenvalue weighted by Gasteiger charge is -2.27. The minimum absolute atomic E-state index is 0.166. The van der Waals surface area contributed by atoms with Crippen LogP contribution in [-0.4, -0.2) is 31.1 Å². The van der Waals surface area contributed by atoms with E-state index in [9.17, 15) is 14.4 Å². The van der Waals surface area contributed by atoms with Gasteiger partial charge in [-0.3, -0.25) is 14.9 Å². The highest BCUT2D eigenvalue weighted by Crippen LogP contribution is 2.35. The third kappa shape index (κ3) is 4.81. The standard InChI is InChI=1S/C23H20BrN3O5/c1-4-31-19-11-15(18(24)12-20(19)32-6-5-25)10-17-21(28)26-23(30)27(22(17)29)16-8-13(2)7-14(3)9-16/h7-12H,4,6H2,1-3H3,(H,26,28,30)/b17-10+. The summed E-state index contributed by atoms with van der Waals surface area (Å²) in [5.41, 5.74) is 2.38. The summed E-state index contributed by atoms with van der Waals surface area (Å²) in [5, 5.41) is 11.0. The van der Waals surface area contributed by atoms with Crippen molar-refractivity contribution in [1.29, 1.82) is 5.26 Å². The molecule has 0 saturated carbocycles. The molecule has 0 aromatic heterocycles. The number of anilines is 1. The molecule has 164 valence electrons. The number of carbonyl (C=O) groups is 3. The fourth-order valence-corrected chi connectivity index (χ4v) is 3.72. The molecule has 1 aliphatic heterocycles. The van der Waals surface area contributed by atoms with Crippen LogP contribution in [0.2, 0.25) is 0 Å². The van der Waals surface area contributed by atoms with Crippen LogP contribution in [0.5, 0.6) is 11.5 Å². The van der Waals surface area contributed by atoms with Crippen LogP contribution >= 0.6 is 15.9 Å². The number of urea groups is 1. The highest BCUT2D eigenvalue weighted by molar-refractivity contribution is 9.10. The summed E-state index contributed by atoms with van der Waals surface area (Å²) >= 11 is 3.40. The van der Waals surface area contributed by atoms with Gasteiger partial charge >= 0.3 is 6.03 Å². The number of rotatable bonds is 6. The van der Waals surface area contributed by atoms with Crippen LogP contribution in [0.25, 0.3) is 6.08 Å². The summed E-state index contributed by atoms with van der Waals surface area (Å²) in [4.78, 5) is 39.1. The van der Waals surface area contributed by atoms with Gasteiger partial charge < -0.3 is 9.47 Å². The number of ether oxygens (including phenoxy) is 2. The molecule has 2 aromatic carbocycles. The number of benzene rings is 2. The molecule has 1 aliphatic rings. The summed E-state index contributed by atoms with van der Waals surface area (Å²) in [7, 11) is 0. The van der Waals surface area contributed by atoms with Gasteiger partial charge in [-0.2, -0.15) is 5.26 Å². The zero-order valence-electron chi connectivity index (χ0n) is 17.7. The maximum atomic E-state index is 13.2. The predicted octanol–water partition coefficient (Wildman–Crippen LogP) is 4.03. The van der Waals surface area contributed by atoms with Crippen molar-refractivity contribution in [1.82, 2.24) is 5.32 Å². The van der Waals surface area contributed by atoms with Crippen molar-refractivity contribution in [3.05, 3.63) is 57.1 Å². The first-order valence-corrected chi connectivity index (χ1v) is 10.5. The molecular formula is C23H20BrN3O5. The third-order valence-electron chi connectivity index (χ3n) is 4.52. The van der Waals surface area contributed by atoms with E-state index < -0.39 is 17.8 Å². The molecule has 0 radical (unpaired) electrons. The number of hydrogen-bond donors (Lipinski definition) is 1. The monoisotopic (exact) mass is 497 g/mol.